The van der Waals surface area contributed by atoms with Gasteiger partial charge in [-0.05, 0) is 37.6 Å². The van der Waals surface area contributed by atoms with Gasteiger partial charge in [-0.3, -0.25) is 4.40 Å². The second kappa shape index (κ2) is 6.82. The number of hydrogen-bond acceptors (Lipinski definition) is 3. The van der Waals surface area contributed by atoms with Gasteiger partial charge in [0.1, 0.15) is 0 Å². The maximum absolute atomic E-state index is 5.97. The Morgan fingerprint density at radius 2 is 2.09 bits per heavy atom. The molecule has 3 aromatic rings. The average Bonchev–Trinajstić information content (AvgIpc) is 3.06. The zero-order valence-electron chi connectivity index (χ0n) is 12.8. The van der Waals surface area contributed by atoms with E-state index < -0.39 is 0 Å². The SMILES string of the molecule is CCCNC(C)Cc1cn2c(-c3ccc(Cl)cc3)csc2n1. The summed E-state index contributed by atoms with van der Waals surface area (Å²) < 4.78 is 2.18. The van der Waals surface area contributed by atoms with Gasteiger partial charge < -0.3 is 5.32 Å². The van der Waals surface area contributed by atoms with E-state index >= 15 is 0 Å². The van der Waals surface area contributed by atoms with Crippen LogP contribution in [0.25, 0.3) is 16.2 Å². The standard InChI is InChI=1S/C17H20ClN3S/c1-3-8-19-12(2)9-15-10-21-16(11-22-17(21)20-15)13-4-6-14(18)7-5-13/h4-7,10-12,19H,3,8-9H2,1-2H3. The second-order valence-corrected chi connectivity index (χ2v) is 6.84. The van der Waals surface area contributed by atoms with Gasteiger partial charge in [0.05, 0.1) is 11.4 Å². The van der Waals surface area contributed by atoms with Crippen LogP contribution in [0.4, 0.5) is 0 Å². The molecule has 0 aliphatic rings. The number of rotatable bonds is 6. The lowest BCUT2D eigenvalue weighted by Crippen LogP contribution is -2.28. The highest BCUT2D eigenvalue weighted by Crippen LogP contribution is 2.27. The minimum atomic E-state index is 0.448. The molecule has 0 aliphatic heterocycles. The van der Waals surface area contributed by atoms with Crippen molar-refractivity contribution in [1.82, 2.24) is 14.7 Å². The maximum Gasteiger partial charge on any atom is 0.194 e. The molecule has 2 aromatic heterocycles. The van der Waals surface area contributed by atoms with Gasteiger partial charge in [-0.2, -0.15) is 0 Å². The van der Waals surface area contributed by atoms with E-state index in [1.54, 1.807) is 11.3 Å². The van der Waals surface area contributed by atoms with Crippen LogP contribution < -0.4 is 5.32 Å². The molecule has 3 rings (SSSR count). The molecule has 0 radical (unpaired) electrons. The van der Waals surface area contributed by atoms with Gasteiger partial charge in [-0.25, -0.2) is 4.98 Å². The first kappa shape index (κ1) is 15.5. The van der Waals surface area contributed by atoms with Crippen molar-refractivity contribution in [2.75, 3.05) is 6.54 Å². The molecular weight excluding hydrogens is 314 g/mol. The number of thiazole rings is 1. The summed E-state index contributed by atoms with van der Waals surface area (Å²) in [6.45, 7) is 5.45. The summed E-state index contributed by atoms with van der Waals surface area (Å²) >= 11 is 7.65. The minimum Gasteiger partial charge on any atom is -0.314 e. The van der Waals surface area contributed by atoms with Crippen molar-refractivity contribution in [2.45, 2.75) is 32.7 Å². The first-order valence-corrected chi connectivity index (χ1v) is 8.88. The van der Waals surface area contributed by atoms with Crippen LogP contribution in [0.3, 0.4) is 0 Å². The molecule has 22 heavy (non-hydrogen) atoms. The van der Waals surface area contributed by atoms with Crippen molar-refractivity contribution in [3.63, 3.8) is 0 Å². The third-order valence-corrected chi connectivity index (χ3v) is 4.75. The molecule has 0 fully saturated rings. The third kappa shape index (κ3) is 3.35. The van der Waals surface area contributed by atoms with Crippen LogP contribution in [0.15, 0.2) is 35.8 Å². The Balaban J connectivity index is 1.83. The Hall–Kier alpha value is -1.36. The molecule has 1 aromatic carbocycles. The smallest absolute Gasteiger partial charge is 0.194 e. The Morgan fingerprint density at radius 1 is 1.32 bits per heavy atom. The molecule has 0 bridgehead atoms. The van der Waals surface area contributed by atoms with Gasteiger partial charge in [0.15, 0.2) is 4.96 Å². The molecular formula is C17H20ClN3S. The van der Waals surface area contributed by atoms with Crippen molar-refractivity contribution >= 4 is 27.9 Å². The molecule has 1 atom stereocenters. The Kier molecular flexibility index (Phi) is 4.81. The fourth-order valence-corrected chi connectivity index (χ4v) is 3.56. The maximum atomic E-state index is 5.97. The molecule has 0 saturated carbocycles. The van der Waals surface area contributed by atoms with Crippen LogP contribution in [-0.4, -0.2) is 22.0 Å². The summed E-state index contributed by atoms with van der Waals surface area (Å²) in [4.78, 5) is 5.78. The number of nitrogens with one attached hydrogen (secondary N) is 1. The van der Waals surface area contributed by atoms with Crippen molar-refractivity contribution in [3.05, 3.63) is 46.6 Å². The van der Waals surface area contributed by atoms with Crippen molar-refractivity contribution < 1.29 is 0 Å². The predicted octanol–water partition coefficient (Wildman–Crippen LogP) is 4.65. The lowest BCUT2D eigenvalue weighted by Gasteiger charge is -2.10. The minimum absolute atomic E-state index is 0.448. The van der Waals surface area contributed by atoms with E-state index in [1.807, 2.05) is 12.1 Å². The molecule has 0 aliphatic carbocycles. The molecule has 1 N–H and O–H groups in total. The molecule has 5 heteroatoms. The summed E-state index contributed by atoms with van der Waals surface area (Å²) in [5.74, 6) is 0. The monoisotopic (exact) mass is 333 g/mol. The predicted molar refractivity (Wildman–Crippen MR) is 95.0 cm³/mol. The van der Waals surface area contributed by atoms with Crippen molar-refractivity contribution in [1.29, 1.82) is 0 Å². The van der Waals surface area contributed by atoms with E-state index in [2.05, 4.69) is 47.3 Å². The number of aromatic nitrogens is 2. The first-order valence-electron chi connectivity index (χ1n) is 7.62. The van der Waals surface area contributed by atoms with Crippen LogP contribution in [-0.2, 0) is 6.42 Å². The van der Waals surface area contributed by atoms with Crippen molar-refractivity contribution in [2.24, 2.45) is 0 Å². The number of hydrogen-bond donors (Lipinski definition) is 1. The molecule has 2 heterocycles. The molecule has 0 amide bonds. The highest BCUT2D eigenvalue weighted by molar-refractivity contribution is 7.15. The summed E-state index contributed by atoms with van der Waals surface area (Å²) in [5.41, 5.74) is 3.47. The Bertz CT molecular complexity index is 745. The van der Waals surface area contributed by atoms with E-state index in [9.17, 15) is 0 Å². The number of halogens is 1. The van der Waals surface area contributed by atoms with Crippen LogP contribution in [0.1, 0.15) is 26.0 Å². The van der Waals surface area contributed by atoms with Crippen LogP contribution >= 0.6 is 22.9 Å². The summed E-state index contributed by atoms with van der Waals surface area (Å²) in [7, 11) is 0. The van der Waals surface area contributed by atoms with Crippen LogP contribution in [0.2, 0.25) is 5.02 Å². The van der Waals surface area contributed by atoms with Gasteiger partial charge in [0.25, 0.3) is 0 Å². The normalized spacial score (nSPS) is 12.9. The molecule has 1 unspecified atom stereocenters. The van der Waals surface area contributed by atoms with E-state index in [1.165, 1.54) is 5.69 Å². The number of fused-ring (bicyclic) bond motifs is 1. The molecule has 0 spiro atoms. The topological polar surface area (TPSA) is 29.3 Å². The average molecular weight is 334 g/mol. The Morgan fingerprint density at radius 3 is 2.82 bits per heavy atom. The zero-order valence-corrected chi connectivity index (χ0v) is 14.4. The van der Waals surface area contributed by atoms with Gasteiger partial charge in [0.2, 0.25) is 0 Å². The van der Waals surface area contributed by atoms with Crippen LogP contribution in [0, 0.1) is 0 Å². The zero-order chi connectivity index (χ0) is 15.5. The van der Waals surface area contributed by atoms with Gasteiger partial charge in [0, 0.05) is 29.1 Å². The third-order valence-electron chi connectivity index (χ3n) is 3.66. The van der Waals surface area contributed by atoms with E-state index in [0.29, 0.717) is 6.04 Å². The summed E-state index contributed by atoms with van der Waals surface area (Å²) in [5, 5.41) is 6.42. The molecule has 0 saturated heterocycles. The van der Waals surface area contributed by atoms with Gasteiger partial charge >= 0.3 is 0 Å². The van der Waals surface area contributed by atoms with E-state index in [0.717, 1.165) is 40.6 Å². The van der Waals surface area contributed by atoms with Crippen LogP contribution in [0.5, 0.6) is 0 Å². The van der Waals surface area contributed by atoms with Crippen molar-refractivity contribution in [3.8, 4) is 11.3 Å². The number of nitrogens with zero attached hydrogens (tertiary/aromatic N) is 2. The summed E-state index contributed by atoms with van der Waals surface area (Å²) in [6, 6.07) is 8.40. The first-order chi connectivity index (χ1) is 10.7. The molecule has 116 valence electrons. The highest BCUT2D eigenvalue weighted by atomic mass is 35.5. The second-order valence-electron chi connectivity index (χ2n) is 5.57. The lowest BCUT2D eigenvalue weighted by molar-refractivity contribution is 0.540. The van der Waals surface area contributed by atoms with Gasteiger partial charge in [-0.1, -0.05) is 30.7 Å². The fraction of sp³-hybridized carbons (Fsp3) is 0.353. The van der Waals surface area contributed by atoms with E-state index in [-0.39, 0.29) is 0 Å². The summed E-state index contributed by atoms with van der Waals surface area (Å²) in [6.07, 6.45) is 4.26. The lowest BCUT2D eigenvalue weighted by atomic mass is 10.2. The number of imidazole rings is 1. The quantitative estimate of drug-likeness (QED) is 0.711. The fourth-order valence-electron chi connectivity index (χ4n) is 2.53. The van der Waals surface area contributed by atoms with Gasteiger partial charge in [-0.15, -0.1) is 11.3 Å². The number of benzene rings is 1. The molecule has 3 nitrogen and oxygen atoms in total. The Labute approximate surface area is 140 Å². The largest absolute Gasteiger partial charge is 0.314 e. The highest BCUT2D eigenvalue weighted by Gasteiger charge is 2.11. The van der Waals surface area contributed by atoms with E-state index in [4.69, 9.17) is 16.6 Å².